The first kappa shape index (κ1) is 10.9. The van der Waals surface area contributed by atoms with Crippen LogP contribution >= 0.6 is 23.6 Å². The van der Waals surface area contributed by atoms with E-state index in [-0.39, 0.29) is 0 Å². The van der Waals surface area contributed by atoms with Crippen molar-refractivity contribution in [2.75, 3.05) is 6.54 Å². The second kappa shape index (κ2) is 4.59. The minimum Gasteiger partial charge on any atom is -0.357 e. The van der Waals surface area contributed by atoms with Crippen LogP contribution in [-0.4, -0.2) is 16.4 Å². The third-order valence-corrected chi connectivity index (χ3v) is 4.63. The molecule has 0 radical (unpaired) electrons. The van der Waals surface area contributed by atoms with E-state index in [1.54, 1.807) is 11.3 Å². The third-order valence-electron chi connectivity index (χ3n) is 3.15. The summed E-state index contributed by atoms with van der Waals surface area (Å²) in [7, 11) is 0. The predicted molar refractivity (Wildman–Crippen MR) is 76.6 cm³/mol. The van der Waals surface area contributed by atoms with E-state index >= 15 is 0 Å². The van der Waals surface area contributed by atoms with Gasteiger partial charge in [0.25, 0.3) is 0 Å². The molecular weight excluding hydrogens is 246 g/mol. The maximum atomic E-state index is 5.56. The van der Waals surface area contributed by atoms with Crippen molar-refractivity contribution in [3.05, 3.63) is 57.8 Å². The minimum atomic E-state index is 0.951. The Balaban J connectivity index is 1.83. The van der Waals surface area contributed by atoms with Gasteiger partial charge in [0.1, 0.15) is 4.99 Å². The van der Waals surface area contributed by atoms with Gasteiger partial charge in [0.05, 0.1) is 4.88 Å². The van der Waals surface area contributed by atoms with Crippen LogP contribution < -0.4 is 0 Å². The van der Waals surface area contributed by atoms with Gasteiger partial charge < -0.3 is 4.90 Å². The van der Waals surface area contributed by atoms with Crippen molar-refractivity contribution in [3.8, 4) is 0 Å². The number of thiocarbonyl (C=S) groups is 1. The average Bonchev–Trinajstić information content (AvgIpc) is 2.91. The van der Waals surface area contributed by atoms with Crippen LogP contribution in [0.1, 0.15) is 16.0 Å². The molecule has 17 heavy (non-hydrogen) atoms. The van der Waals surface area contributed by atoms with Crippen LogP contribution in [0.15, 0.2) is 41.8 Å². The summed E-state index contributed by atoms with van der Waals surface area (Å²) in [5.74, 6) is 0. The standard InChI is InChI=1S/C14H13NS2/c16-14(13-6-3-9-17-13)15-8-7-11-4-1-2-5-12(11)10-15/h1-6,9H,7-8,10H2. The van der Waals surface area contributed by atoms with Gasteiger partial charge in [-0.15, -0.1) is 11.3 Å². The first-order valence-corrected chi connectivity index (χ1v) is 7.03. The van der Waals surface area contributed by atoms with Crippen LogP contribution in [0.25, 0.3) is 0 Å². The van der Waals surface area contributed by atoms with Gasteiger partial charge in [0.2, 0.25) is 0 Å². The van der Waals surface area contributed by atoms with Crippen LogP contribution in [-0.2, 0) is 13.0 Å². The van der Waals surface area contributed by atoms with Crippen molar-refractivity contribution in [1.29, 1.82) is 0 Å². The molecule has 1 aliphatic heterocycles. The van der Waals surface area contributed by atoms with E-state index in [0.717, 1.165) is 24.5 Å². The van der Waals surface area contributed by atoms with Gasteiger partial charge in [0, 0.05) is 13.1 Å². The van der Waals surface area contributed by atoms with Gasteiger partial charge >= 0.3 is 0 Å². The molecule has 2 heterocycles. The molecular formula is C14H13NS2. The maximum absolute atomic E-state index is 5.56. The van der Waals surface area contributed by atoms with Crippen LogP contribution in [0, 0.1) is 0 Å². The Labute approximate surface area is 111 Å². The van der Waals surface area contributed by atoms with Gasteiger partial charge in [-0.3, -0.25) is 0 Å². The molecule has 1 aromatic heterocycles. The Hall–Kier alpha value is -1.19. The van der Waals surface area contributed by atoms with Gasteiger partial charge in [-0.25, -0.2) is 0 Å². The molecule has 1 aliphatic rings. The topological polar surface area (TPSA) is 3.24 Å². The zero-order chi connectivity index (χ0) is 11.7. The Bertz CT molecular complexity index is 531. The number of fused-ring (bicyclic) bond motifs is 1. The second-order valence-corrected chi connectivity index (χ2v) is 5.56. The van der Waals surface area contributed by atoms with E-state index in [9.17, 15) is 0 Å². The molecule has 1 nitrogen and oxygen atoms in total. The first-order chi connectivity index (χ1) is 8.34. The number of benzene rings is 1. The lowest BCUT2D eigenvalue weighted by atomic mass is 10.00. The Morgan fingerprint density at radius 1 is 1.12 bits per heavy atom. The molecule has 2 aromatic rings. The lowest BCUT2D eigenvalue weighted by molar-refractivity contribution is 0.402. The number of rotatable bonds is 1. The maximum Gasteiger partial charge on any atom is 0.119 e. The minimum absolute atomic E-state index is 0.951. The summed E-state index contributed by atoms with van der Waals surface area (Å²) >= 11 is 7.28. The summed E-state index contributed by atoms with van der Waals surface area (Å²) in [4.78, 5) is 4.51. The number of hydrogen-bond donors (Lipinski definition) is 0. The molecule has 3 rings (SSSR count). The molecule has 0 unspecified atom stereocenters. The van der Waals surface area contributed by atoms with E-state index < -0.39 is 0 Å². The number of nitrogens with zero attached hydrogens (tertiary/aromatic N) is 1. The van der Waals surface area contributed by atoms with Crippen LogP contribution in [0.2, 0.25) is 0 Å². The van der Waals surface area contributed by atoms with Crippen LogP contribution in [0.4, 0.5) is 0 Å². The molecule has 3 heteroatoms. The first-order valence-electron chi connectivity index (χ1n) is 5.74. The van der Waals surface area contributed by atoms with E-state index in [2.05, 4.69) is 46.7 Å². The van der Waals surface area contributed by atoms with E-state index in [0.29, 0.717) is 0 Å². The molecule has 0 atom stereocenters. The molecule has 86 valence electrons. The Morgan fingerprint density at radius 2 is 1.94 bits per heavy atom. The second-order valence-electron chi connectivity index (χ2n) is 4.22. The monoisotopic (exact) mass is 259 g/mol. The van der Waals surface area contributed by atoms with Gasteiger partial charge in [0.15, 0.2) is 0 Å². The van der Waals surface area contributed by atoms with E-state index in [1.807, 2.05) is 0 Å². The summed E-state index contributed by atoms with van der Waals surface area (Å²) in [6.45, 7) is 1.99. The average molecular weight is 259 g/mol. The van der Waals surface area contributed by atoms with Crippen molar-refractivity contribution < 1.29 is 0 Å². The molecule has 1 aromatic carbocycles. The number of thiophene rings is 1. The predicted octanol–water partition coefficient (Wildman–Crippen LogP) is 3.48. The summed E-state index contributed by atoms with van der Waals surface area (Å²) in [5.41, 5.74) is 2.88. The fourth-order valence-corrected chi connectivity index (χ4v) is 3.28. The third kappa shape index (κ3) is 2.13. The van der Waals surface area contributed by atoms with Gasteiger partial charge in [-0.2, -0.15) is 0 Å². The van der Waals surface area contributed by atoms with Crippen molar-refractivity contribution in [2.24, 2.45) is 0 Å². The SMILES string of the molecule is S=C(c1cccs1)N1CCc2ccccc2C1. The molecule has 0 amide bonds. The summed E-state index contributed by atoms with van der Waals surface area (Å²) in [6, 6.07) is 12.8. The smallest absolute Gasteiger partial charge is 0.119 e. The molecule has 0 N–H and O–H groups in total. The molecule has 0 saturated carbocycles. The number of hydrogen-bond acceptors (Lipinski definition) is 2. The highest BCUT2D eigenvalue weighted by Crippen LogP contribution is 2.22. The fraction of sp³-hybridized carbons (Fsp3) is 0.214. The van der Waals surface area contributed by atoms with E-state index in [4.69, 9.17) is 12.2 Å². The normalized spacial score (nSPS) is 14.5. The lowest BCUT2D eigenvalue weighted by Crippen LogP contribution is -2.34. The molecule has 0 bridgehead atoms. The summed E-state index contributed by atoms with van der Waals surface area (Å²) in [5, 5.41) is 2.08. The highest BCUT2D eigenvalue weighted by molar-refractivity contribution is 7.81. The van der Waals surface area contributed by atoms with Crippen molar-refractivity contribution in [2.45, 2.75) is 13.0 Å². The van der Waals surface area contributed by atoms with Gasteiger partial charge in [-0.05, 0) is 29.0 Å². The summed E-state index contributed by atoms with van der Waals surface area (Å²) < 4.78 is 0. The van der Waals surface area contributed by atoms with E-state index in [1.165, 1.54) is 16.0 Å². The zero-order valence-corrected chi connectivity index (χ0v) is 11.1. The van der Waals surface area contributed by atoms with Gasteiger partial charge in [-0.1, -0.05) is 42.5 Å². The quantitative estimate of drug-likeness (QED) is 0.721. The summed E-state index contributed by atoms with van der Waals surface area (Å²) in [6.07, 6.45) is 1.10. The van der Waals surface area contributed by atoms with Crippen molar-refractivity contribution in [3.63, 3.8) is 0 Å². The molecule has 0 spiro atoms. The van der Waals surface area contributed by atoms with Crippen molar-refractivity contribution >= 4 is 28.5 Å². The molecule has 0 aliphatic carbocycles. The molecule has 0 fully saturated rings. The Kier molecular flexibility index (Phi) is 2.95. The molecule has 0 saturated heterocycles. The largest absolute Gasteiger partial charge is 0.357 e. The van der Waals surface area contributed by atoms with Crippen LogP contribution in [0.3, 0.4) is 0 Å². The Morgan fingerprint density at radius 3 is 2.71 bits per heavy atom. The fourth-order valence-electron chi connectivity index (χ4n) is 2.23. The highest BCUT2D eigenvalue weighted by atomic mass is 32.1. The zero-order valence-electron chi connectivity index (χ0n) is 9.43. The highest BCUT2D eigenvalue weighted by Gasteiger charge is 2.18. The lowest BCUT2D eigenvalue weighted by Gasteiger charge is -2.30. The van der Waals surface area contributed by atoms with Crippen molar-refractivity contribution in [1.82, 2.24) is 4.90 Å². The van der Waals surface area contributed by atoms with Crippen LogP contribution in [0.5, 0.6) is 0 Å².